The van der Waals surface area contributed by atoms with Crippen LogP contribution in [0.2, 0.25) is 10.0 Å². The lowest BCUT2D eigenvalue weighted by atomic mass is 10.1. The van der Waals surface area contributed by atoms with Gasteiger partial charge < -0.3 is 4.57 Å². The second-order valence-corrected chi connectivity index (χ2v) is 10.4. The number of para-hydroxylation sites is 1. The number of nitrogens with one attached hydrogen (secondary N) is 1. The molecule has 1 saturated heterocycles. The van der Waals surface area contributed by atoms with Crippen LogP contribution < -0.4 is 5.43 Å². The molecule has 0 bridgehead atoms. The van der Waals surface area contributed by atoms with Crippen LogP contribution in [0.1, 0.15) is 21.5 Å². The molecule has 1 aromatic heterocycles. The number of aromatic nitrogens is 1. The van der Waals surface area contributed by atoms with Gasteiger partial charge in [-0.3, -0.25) is 15.0 Å². The van der Waals surface area contributed by atoms with Crippen LogP contribution in [0.5, 0.6) is 0 Å². The molecule has 2 amide bonds. The number of benzene rings is 3. The van der Waals surface area contributed by atoms with Crippen molar-refractivity contribution in [2.24, 2.45) is 0 Å². The average molecular weight is 556 g/mol. The molecule has 1 fully saturated rings. The number of thiocarbonyl (C=S) groups is 1. The third-order valence-corrected chi connectivity index (χ3v) is 7.52. The number of rotatable bonds is 5. The molecule has 36 heavy (non-hydrogen) atoms. The number of thioether (sulfide) groups is 1. The van der Waals surface area contributed by atoms with Gasteiger partial charge in [-0.1, -0.05) is 59.2 Å². The number of hydrazine groups is 1. The molecule has 1 N–H and O–H groups in total. The molecule has 1 aliphatic heterocycles. The quantitative estimate of drug-likeness (QED) is 0.220. The lowest BCUT2D eigenvalue weighted by molar-refractivity contribution is -0.123. The Balaban J connectivity index is 1.44. The van der Waals surface area contributed by atoms with Crippen molar-refractivity contribution in [2.45, 2.75) is 6.54 Å². The summed E-state index contributed by atoms with van der Waals surface area (Å²) < 4.78 is 16.5. The highest BCUT2D eigenvalue weighted by atomic mass is 35.5. The number of hydrogen-bond donors (Lipinski definition) is 1. The first-order chi connectivity index (χ1) is 17.3. The monoisotopic (exact) mass is 555 g/mol. The van der Waals surface area contributed by atoms with Crippen molar-refractivity contribution in [3.8, 4) is 0 Å². The standard InChI is InChI=1S/C26H16Cl2FN3O2S2/c27-17-10-8-15(9-11-17)24(33)30-32-25(34)23(36-26(32)35)12-16-13-31(22-7-2-1-4-18(16)22)14-19-20(28)5-3-6-21(19)29/h1-13H,14H2,(H,30,33)/b23-12+. The Morgan fingerprint density at radius 2 is 1.81 bits per heavy atom. The highest BCUT2D eigenvalue weighted by Crippen LogP contribution is 2.34. The Morgan fingerprint density at radius 1 is 1.06 bits per heavy atom. The lowest BCUT2D eigenvalue weighted by Crippen LogP contribution is -2.44. The normalized spacial score (nSPS) is 14.8. The smallest absolute Gasteiger partial charge is 0.285 e. The SMILES string of the molecule is O=C(NN1C(=O)/C(=C\c2cn(Cc3c(F)cccc3Cl)c3ccccc23)SC1=S)c1ccc(Cl)cc1. The fraction of sp³-hybridized carbons (Fsp3) is 0.0385. The zero-order valence-electron chi connectivity index (χ0n) is 18.4. The van der Waals surface area contributed by atoms with Gasteiger partial charge in [0, 0.05) is 43.8 Å². The molecule has 5 nitrogen and oxygen atoms in total. The minimum atomic E-state index is -0.484. The van der Waals surface area contributed by atoms with Crippen molar-refractivity contribution in [1.29, 1.82) is 0 Å². The van der Waals surface area contributed by atoms with Crippen LogP contribution >= 0.6 is 47.2 Å². The van der Waals surface area contributed by atoms with Crippen LogP contribution in [0.4, 0.5) is 4.39 Å². The Hall–Kier alpha value is -3.17. The van der Waals surface area contributed by atoms with Gasteiger partial charge in [0.05, 0.1) is 11.4 Å². The lowest BCUT2D eigenvalue weighted by Gasteiger charge is -2.15. The number of fused-ring (bicyclic) bond motifs is 1. The van der Waals surface area contributed by atoms with E-state index in [1.165, 1.54) is 6.07 Å². The summed E-state index contributed by atoms with van der Waals surface area (Å²) in [5, 5.41) is 2.77. The van der Waals surface area contributed by atoms with Crippen molar-refractivity contribution in [2.75, 3.05) is 0 Å². The molecule has 0 spiro atoms. The van der Waals surface area contributed by atoms with Gasteiger partial charge in [0.1, 0.15) is 5.82 Å². The predicted molar refractivity (Wildman–Crippen MR) is 146 cm³/mol. The minimum absolute atomic E-state index is 0.204. The van der Waals surface area contributed by atoms with Gasteiger partial charge in [-0.05, 0) is 60.8 Å². The molecule has 10 heteroatoms. The van der Waals surface area contributed by atoms with Gasteiger partial charge in [-0.2, -0.15) is 5.01 Å². The van der Waals surface area contributed by atoms with Gasteiger partial charge in [0.25, 0.3) is 11.8 Å². The largest absolute Gasteiger partial charge is 0.342 e. The molecule has 4 aromatic rings. The number of carbonyl (C=O) groups excluding carboxylic acids is 2. The van der Waals surface area contributed by atoms with Gasteiger partial charge in [0.2, 0.25) is 0 Å². The topological polar surface area (TPSA) is 54.3 Å². The highest BCUT2D eigenvalue weighted by molar-refractivity contribution is 8.26. The maximum absolute atomic E-state index is 14.4. The predicted octanol–water partition coefficient (Wildman–Crippen LogP) is 6.68. The van der Waals surface area contributed by atoms with E-state index in [4.69, 9.17) is 35.4 Å². The molecule has 180 valence electrons. The maximum atomic E-state index is 14.4. The molecule has 5 rings (SSSR count). The minimum Gasteiger partial charge on any atom is -0.342 e. The van der Waals surface area contributed by atoms with E-state index in [1.54, 1.807) is 42.5 Å². The van der Waals surface area contributed by atoms with Crippen LogP contribution in [0.15, 0.2) is 77.8 Å². The summed E-state index contributed by atoms with van der Waals surface area (Å²) in [7, 11) is 0. The van der Waals surface area contributed by atoms with Crippen LogP contribution in [-0.2, 0) is 11.3 Å². The molecule has 0 unspecified atom stereocenters. The summed E-state index contributed by atoms with van der Waals surface area (Å²) in [4.78, 5) is 26.0. The maximum Gasteiger partial charge on any atom is 0.285 e. The molecule has 0 atom stereocenters. The summed E-state index contributed by atoms with van der Waals surface area (Å²) in [5.74, 6) is -1.32. The van der Waals surface area contributed by atoms with E-state index in [2.05, 4.69) is 5.43 Å². The first kappa shape index (κ1) is 24.5. The van der Waals surface area contributed by atoms with Crippen molar-refractivity contribution < 1.29 is 14.0 Å². The molecule has 2 heterocycles. The van der Waals surface area contributed by atoms with E-state index in [9.17, 15) is 14.0 Å². The van der Waals surface area contributed by atoms with Gasteiger partial charge in [0.15, 0.2) is 4.32 Å². The number of hydrogen-bond acceptors (Lipinski definition) is 4. The van der Waals surface area contributed by atoms with Crippen LogP contribution in [-0.4, -0.2) is 25.7 Å². The zero-order chi connectivity index (χ0) is 25.4. The van der Waals surface area contributed by atoms with E-state index in [-0.39, 0.29) is 16.7 Å². The van der Waals surface area contributed by atoms with Crippen LogP contribution in [0, 0.1) is 5.82 Å². The van der Waals surface area contributed by atoms with E-state index in [0.29, 0.717) is 26.1 Å². The Kier molecular flexibility index (Phi) is 6.85. The first-order valence-electron chi connectivity index (χ1n) is 10.7. The van der Waals surface area contributed by atoms with Gasteiger partial charge >= 0.3 is 0 Å². The van der Waals surface area contributed by atoms with E-state index >= 15 is 0 Å². The summed E-state index contributed by atoms with van der Waals surface area (Å²) in [6.45, 7) is 0.220. The molecule has 1 aliphatic rings. The third-order valence-electron chi connectivity index (χ3n) is 5.61. The number of nitrogens with zero attached hydrogens (tertiary/aromatic N) is 2. The summed E-state index contributed by atoms with van der Waals surface area (Å²) >= 11 is 18.6. The Morgan fingerprint density at radius 3 is 2.56 bits per heavy atom. The van der Waals surface area contributed by atoms with Gasteiger partial charge in [-0.25, -0.2) is 4.39 Å². The van der Waals surface area contributed by atoms with Gasteiger partial charge in [-0.15, -0.1) is 0 Å². The van der Waals surface area contributed by atoms with Crippen molar-refractivity contribution in [3.63, 3.8) is 0 Å². The Bertz CT molecular complexity index is 1550. The summed E-state index contributed by atoms with van der Waals surface area (Å²) in [5.41, 5.74) is 4.88. The zero-order valence-corrected chi connectivity index (χ0v) is 21.5. The average Bonchev–Trinajstić information content (AvgIpc) is 3.34. The van der Waals surface area contributed by atoms with Crippen molar-refractivity contribution >= 4 is 80.3 Å². The van der Waals surface area contributed by atoms with Crippen molar-refractivity contribution in [1.82, 2.24) is 15.0 Å². The third kappa shape index (κ3) is 4.77. The number of halogens is 3. The highest BCUT2D eigenvalue weighted by Gasteiger charge is 2.34. The fourth-order valence-corrected chi connectivity index (χ4v) is 5.37. The van der Waals surface area contributed by atoms with E-state index < -0.39 is 11.8 Å². The van der Waals surface area contributed by atoms with Crippen LogP contribution in [0.25, 0.3) is 17.0 Å². The number of amides is 2. The molecule has 3 aromatic carbocycles. The molecular weight excluding hydrogens is 540 g/mol. The summed E-state index contributed by atoms with van der Waals surface area (Å²) in [6, 6.07) is 18.5. The first-order valence-corrected chi connectivity index (χ1v) is 12.6. The van der Waals surface area contributed by atoms with E-state index in [1.807, 2.05) is 35.0 Å². The van der Waals surface area contributed by atoms with E-state index in [0.717, 1.165) is 33.2 Å². The molecular formula is C26H16Cl2FN3O2S2. The summed E-state index contributed by atoms with van der Waals surface area (Å²) in [6.07, 6.45) is 3.56. The second-order valence-electron chi connectivity index (χ2n) is 7.89. The molecule has 0 aliphatic carbocycles. The molecule has 0 saturated carbocycles. The molecule has 0 radical (unpaired) electrons. The van der Waals surface area contributed by atoms with Crippen LogP contribution in [0.3, 0.4) is 0 Å². The Labute approximate surface area is 225 Å². The fourth-order valence-electron chi connectivity index (χ4n) is 3.85. The number of carbonyl (C=O) groups is 2. The second kappa shape index (κ2) is 10.1. The van der Waals surface area contributed by atoms with Crippen molar-refractivity contribution in [3.05, 3.63) is 110 Å².